The Balaban J connectivity index is 1.50. The number of aromatic nitrogens is 3. The van der Waals surface area contributed by atoms with Gasteiger partial charge in [-0.25, -0.2) is 23.4 Å². The molecule has 0 amide bonds. The van der Waals surface area contributed by atoms with Crippen LogP contribution in [0.15, 0.2) is 60.9 Å². The van der Waals surface area contributed by atoms with Crippen LogP contribution in [0.2, 0.25) is 0 Å². The van der Waals surface area contributed by atoms with Crippen molar-refractivity contribution < 1.29 is 13.2 Å². The van der Waals surface area contributed by atoms with Crippen LogP contribution in [0, 0.1) is 6.92 Å². The quantitative estimate of drug-likeness (QED) is 0.340. The molecule has 0 radical (unpaired) electrons. The van der Waals surface area contributed by atoms with Gasteiger partial charge in [-0.3, -0.25) is 0 Å². The number of aryl methyl sites for hydroxylation is 1. The molecule has 4 aromatic rings. The van der Waals surface area contributed by atoms with Crippen LogP contribution < -0.4 is 15.4 Å². The van der Waals surface area contributed by atoms with Gasteiger partial charge in [-0.2, -0.15) is 0 Å². The van der Waals surface area contributed by atoms with Crippen LogP contribution >= 0.6 is 0 Å². The monoisotopic (exact) mass is 517 g/mol. The highest BCUT2D eigenvalue weighted by molar-refractivity contribution is 7.90. The largest absolute Gasteiger partial charge is 0.437 e. The average Bonchev–Trinajstić information content (AvgIpc) is 2.91. The van der Waals surface area contributed by atoms with Gasteiger partial charge in [-0.1, -0.05) is 37.3 Å². The molecule has 9 heteroatoms. The first-order valence-corrected chi connectivity index (χ1v) is 14.4. The second-order valence-electron chi connectivity index (χ2n) is 9.31. The minimum atomic E-state index is -3.18. The summed E-state index contributed by atoms with van der Waals surface area (Å²) in [6, 6.07) is 15.5. The Bertz CT molecular complexity index is 1520. The molecule has 192 valence electrons. The van der Waals surface area contributed by atoms with Gasteiger partial charge in [-0.15, -0.1) is 0 Å². The van der Waals surface area contributed by atoms with E-state index in [2.05, 4.69) is 20.6 Å². The van der Waals surface area contributed by atoms with E-state index >= 15 is 0 Å². The van der Waals surface area contributed by atoms with E-state index in [1.807, 2.05) is 55.5 Å². The van der Waals surface area contributed by atoms with Crippen LogP contribution in [-0.4, -0.2) is 48.3 Å². The zero-order chi connectivity index (χ0) is 25.8. The molecule has 37 heavy (non-hydrogen) atoms. The maximum atomic E-state index is 12.3. The maximum Gasteiger partial charge on any atom is 0.228 e. The fraction of sp³-hybridized carbons (Fsp3) is 0.321. The number of anilines is 1. The molecule has 2 aromatic heterocycles. The van der Waals surface area contributed by atoms with Gasteiger partial charge < -0.3 is 15.4 Å². The minimum Gasteiger partial charge on any atom is -0.437 e. The Morgan fingerprint density at radius 3 is 2.76 bits per heavy atom. The SMILES string of the molecule is CCS(=O)(=O)Cc1cccc2c(Oc3ncccc3-c3ccnc(N[C@H]4CCCNC4)n3)c(C)ccc12. The summed E-state index contributed by atoms with van der Waals surface area (Å²) in [6.45, 7) is 5.56. The van der Waals surface area contributed by atoms with Gasteiger partial charge in [0.25, 0.3) is 0 Å². The summed E-state index contributed by atoms with van der Waals surface area (Å²) < 4.78 is 31.2. The predicted molar refractivity (Wildman–Crippen MR) is 147 cm³/mol. The van der Waals surface area contributed by atoms with Crippen LogP contribution in [-0.2, 0) is 15.6 Å². The Morgan fingerprint density at radius 1 is 1.05 bits per heavy atom. The Kier molecular flexibility index (Phi) is 7.34. The molecule has 0 unspecified atom stereocenters. The number of piperidine rings is 1. The summed E-state index contributed by atoms with van der Waals surface area (Å²) in [5, 5.41) is 8.52. The highest BCUT2D eigenvalue weighted by Crippen LogP contribution is 2.37. The van der Waals surface area contributed by atoms with E-state index in [-0.39, 0.29) is 17.5 Å². The molecule has 1 atom stereocenters. The van der Waals surface area contributed by atoms with Crippen molar-refractivity contribution in [3.05, 3.63) is 72.1 Å². The van der Waals surface area contributed by atoms with Crippen molar-refractivity contribution in [2.75, 3.05) is 24.2 Å². The minimum absolute atomic E-state index is 0.00853. The van der Waals surface area contributed by atoms with Crippen molar-refractivity contribution in [3.8, 4) is 22.9 Å². The van der Waals surface area contributed by atoms with Crippen molar-refractivity contribution in [3.63, 3.8) is 0 Å². The number of ether oxygens (including phenoxy) is 1. The van der Waals surface area contributed by atoms with Crippen LogP contribution in [0.3, 0.4) is 0 Å². The van der Waals surface area contributed by atoms with Gasteiger partial charge >= 0.3 is 0 Å². The maximum absolute atomic E-state index is 12.3. The molecule has 2 N–H and O–H groups in total. The van der Waals surface area contributed by atoms with E-state index in [1.54, 1.807) is 19.3 Å². The molecule has 1 aliphatic heterocycles. The summed E-state index contributed by atoms with van der Waals surface area (Å²) in [5.41, 5.74) is 3.14. The van der Waals surface area contributed by atoms with Gasteiger partial charge in [-0.05, 0) is 61.0 Å². The van der Waals surface area contributed by atoms with Gasteiger partial charge in [0.15, 0.2) is 9.84 Å². The third-order valence-electron chi connectivity index (χ3n) is 6.65. The standard InChI is InChI=1S/C28H31N5O3S/c1-3-37(34,35)18-20-7-4-9-23-22(20)12-11-19(2)26(23)36-27-24(10-6-15-30-27)25-13-16-31-28(33-25)32-21-8-5-14-29-17-21/h4,6-7,9-13,15-16,21,29H,3,5,8,14,17-18H2,1-2H3,(H,31,32,33)/t21-/m0/s1. The molecular formula is C28H31N5O3S. The van der Waals surface area contributed by atoms with Crippen LogP contribution in [0.1, 0.15) is 30.9 Å². The molecule has 0 bridgehead atoms. The lowest BCUT2D eigenvalue weighted by Crippen LogP contribution is -2.38. The molecule has 0 spiro atoms. The van der Waals surface area contributed by atoms with E-state index < -0.39 is 9.84 Å². The molecule has 1 aliphatic rings. The number of sulfone groups is 1. The number of nitrogens with zero attached hydrogens (tertiary/aromatic N) is 3. The van der Waals surface area contributed by atoms with Crippen molar-refractivity contribution in [1.82, 2.24) is 20.3 Å². The molecule has 0 saturated carbocycles. The van der Waals surface area contributed by atoms with E-state index in [4.69, 9.17) is 9.72 Å². The number of nitrogens with one attached hydrogen (secondary N) is 2. The van der Waals surface area contributed by atoms with E-state index in [0.717, 1.165) is 53.4 Å². The van der Waals surface area contributed by atoms with Crippen molar-refractivity contribution in [2.24, 2.45) is 0 Å². The number of hydrogen-bond donors (Lipinski definition) is 2. The number of rotatable bonds is 8. The molecular weight excluding hydrogens is 486 g/mol. The Hall–Kier alpha value is -3.56. The highest BCUT2D eigenvalue weighted by atomic mass is 32.2. The van der Waals surface area contributed by atoms with Crippen LogP contribution in [0.4, 0.5) is 5.95 Å². The zero-order valence-corrected chi connectivity index (χ0v) is 21.9. The van der Waals surface area contributed by atoms with E-state index in [9.17, 15) is 8.42 Å². The summed E-state index contributed by atoms with van der Waals surface area (Å²) in [4.78, 5) is 13.7. The summed E-state index contributed by atoms with van der Waals surface area (Å²) >= 11 is 0. The predicted octanol–water partition coefficient (Wildman–Crippen LogP) is 4.89. The van der Waals surface area contributed by atoms with Crippen molar-refractivity contribution >= 4 is 26.6 Å². The van der Waals surface area contributed by atoms with Gasteiger partial charge in [0, 0.05) is 36.1 Å². The fourth-order valence-corrected chi connectivity index (χ4v) is 5.53. The van der Waals surface area contributed by atoms with E-state index in [0.29, 0.717) is 23.3 Å². The second-order valence-corrected chi connectivity index (χ2v) is 11.7. The molecule has 1 fully saturated rings. The molecule has 3 heterocycles. The van der Waals surface area contributed by atoms with Crippen molar-refractivity contribution in [1.29, 1.82) is 0 Å². The first-order chi connectivity index (χ1) is 17.9. The molecule has 0 aliphatic carbocycles. The number of pyridine rings is 1. The zero-order valence-electron chi connectivity index (χ0n) is 21.1. The lowest BCUT2D eigenvalue weighted by molar-refractivity contribution is 0.466. The highest BCUT2D eigenvalue weighted by Gasteiger charge is 2.18. The average molecular weight is 518 g/mol. The normalized spacial score (nSPS) is 16.0. The lowest BCUT2D eigenvalue weighted by atomic mass is 10.0. The van der Waals surface area contributed by atoms with Crippen molar-refractivity contribution in [2.45, 2.75) is 38.5 Å². The fourth-order valence-electron chi connectivity index (χ4n) is 4.60. The smallest absolute Gasteiger partial charge is 0.228 e. The summed E-state index contributed by atoms with van der Waals surface area (Å²) in [5.74, 6) is 1.74. The third kappa shape index (κ3) is 5.73. The second kappa shape index (κ2) is 10.8. The van der Waals surface area contributed by atoms with E-state index in [1.165, 1.54) is 0 Å². The first-order valence-electron chi connectivity index (χ1n) is 12.6. The first kappa shape index (κ1) is 25.1. The number of fused-ring (bicyclic) bond motifs is 1. The summed E-state index contributed by atoms with van der Waals surface area (Å²) in [7, 11) is -3.18. The number of hydrogen-bond acceptors (Lipinski definition) is 8. The van der Waals surface area contributed by atoms with Gasteiger partial charge in [0.2, 0.25) is 11.8 Å². The van der Waals surface area contributed by atoms with Crippen LogP contribution in [0.5, 0.6) is 11.6 Å². The number of benzene rings is 2. The Labute approximate surface area is 217 Å². The molecule has 2 aromatic carbocycles. The topological polar surface area (TPSA) is 106 Å². The Morgan fingerprint density at radius 2 is 1.95 bits per heavy atom. The molecule has 5 rings (SSSR count). The lowest BCUT2D eigenvalue weighted by Gasteiger charge is -2.23. The third-order valence-corrected chi connectivity index (χ3v) is 8.28. The van der Waals surface area contributed by atoms with Gasteiger partial charge in [0.1, 0.15) is 5.75 Å². The molecule has 8 nitrogen and oxygen atoms in total. The summed E-state index contributed by atoms with van der Waals surface area (Å²) in [6.07, 6.45) is 5.62. The van der Waals surface area contributed by atoms with Crippen LogP contribution in [0.25, 0.3) is 22.0 Å². The molecule has 1 saturated heterocycles. The van der Waals surface area contributed by atoms with Gasteiger partial charge in [0.05, 0.1) is 17.0 Å².